The van der Waals surface area contributed by atoms with Gasteiger partial charge in [0.05, 0.1) is 43.7 Å². The van der Waals surface area contributed by atoms with Crippen molar-refractivity contribution in [2.75, 3.05) is 41.5 Å². The summed E-state index contributed by atoms with van der Waals surface area (Å²) in [4.78, 5) is 88.3. The number of unbranched alkanes of at least 4 members (excludes halogenated alkanes) is 2. The second-order valence-electron chi connectivity index (χ2n) is 18.2. The molecule has 1 aromatic carbocycles. The molecule has 0 radical (unpaired) electrons. The number of likely N-dealkylation sites (tertiary alicyclic amines) is 2. The third-order valence-corrected chi connectivity index (χ3v) is 13.8. The lowest BCUT2D eigenvalue weighted by Gasteiger charge is -2.41. The molecule has 5 amide bonds. The topological polar surface area (TPSA) is 190 Å². The van der Waals surface area contributed by atoms with Crippen molar-refractivity contribution in [2.24, 2.45) is 29.4 Å². The van der Waals surface area contributed by atoms with Crippen LogP contribution in [-0.2, 0) is 49.4 Å². The normalized spacial score (nSPS) is 23.0. The summed E-state index contributed by atoms with van der Waals surface area (Å²) >= 11 is 0. The number of likely N-dealkylation sites (N-methyl/N-ethyl adjacent to an activating group) is 1. The zero-order chi connectivity index (χ0) is 45.7. The van der Waals surface area contributed by atoms with Gasteiger partial charge < -0.3 is 45.3 Å². The van der Waals surface area contributed by atoms with Crippen molar-refractivity contribution in [2.45, 2.75) is 160 Å². The van der Waals surface area contributed by atoms with Crippen LogP contribution in [0.1, 0.15) is 111 Å². The molecular weight excluding hydrogens is 793 g/mol. The third-order valence-electron chi connectivity index (χ3n) is 13.8. The first-order chi connectivity index (χ1) is 29.6. The minimum absolute atomic E-state index is 0.0100. The fourth-order valence-electron chi connectivity index (χ4n) is 10.2. The van der Waals surface area contributed by atoms with E-state index in [0.717, 1.165) is 44.1 Å². The average Bonchev–Trinajstić information content (AvgIpc) is 4.04. The number of benzene rings is 1. The molecule has 1 aliphatic carbocycles. The van der Waals surface area contributed by atoms with Crippen LogP contribution >= 0.6 is 0 Å². The van der Waals surface area contributed by atoms with E-state index in [9.17, 15) is 28.8 Å². The van der Waals surface area contributed by atoms with Crippen LogP contribution in [0.5, 0.6) is 0 Å². The summed E-state index contributed by atoms with van der Waals surface area (Å²) in [6.45, 7) is 10.6. The summed E-state index contributed by atoms with van der Waals surface area (Å²) in [6.07, 6.45) is 6.29. The molecule has 15 heteroatoms. The lowest BCUT2D eigenvalue weighted by atomic mass is 9.89. The lowest BCUT2D eigenvalue weighted by molar-refractivity contribution is -0.149. The molecule has 1 saturated carbocycles. The maximum atomic E-state index is 14.6. The number of rotatable bonds is 24. The monoisotopic (exact) mass is 869 g/mol. The van der Waals surface area contributed by atoms with Crippen LogP contribution in [-0.4, -0.2) is 140 Å². The molecule has 1 unspecified atom stereocenters. The first kappa shape index (κ1) is 50.6. The molecule has 348 valence electrons. The van der Waals surface area contributed by atoms with Gasteiger partial charge in [-0.3, -0.25) is 24.0 Å². The molecule has 2 aliphatic heterocycles. The Morgan fingerprint density at radius 2 is 1.61 bits per heavy atom. The molecule has 3 aliphatic rings. The van der Waals surface area contributed by atoms with E-state index in [1.807, 2.05) is 58.0 Å². The number of fused-ring (bicyclic) bond motifs is 2. The quantitative estimate of drug-likeness (QED) is 0.102. The lowest BCUT2D eigenvalue weighted by Crippen LogP contribution is -2.60. The maximum Gasteiger partial charge on any atom is 0.328 e. The van der Waals surface area contributed by atoms with E-state index in [-0.39, 0.29) is 66.2 Å². The van der Waals surface area contributed by atoms with Crippen molar-refractivity contribution < 1.29 is 43.0 Å². The van der Waals surface area contributed by atoms with Gasteiger partial charge in [-0.2, -0.15) is 0 Å². The first-order valence-corrected chi connectivity index (χ1v) is 23.0. The van der Waals surface area contributed by atoms with Gasteiger partial charge in [0.2, 0.25) is 29.5 Å². The summed E-state index contributed by atoms with van der Waals surface area (Å²) in [6, 6.07) is 6.11. The molecule has 0 spiro atoms. The number of carbonyl (C=O) groups excluding carboxylic acids is 6. The second-order valence-corrected chi connectivity index (χ2v) is 18.2. The number of esters is 1. The van der Waals surface area contributed by atoms with Gasteiger partial charge in [0, 0.05) is 46.7 Å². The van der Waals surface area contributed by atoms with Gasteiger partial charge in [0.25, 0.3) is 0 Å². The zero-order valence-corrected chi connectivity index (χ0v) is 38.8. The van der Waals surface area contributed by atoms with Gasteiger partial charge >= 0.3 is 5.97 Å². The second kappa shape index (κ2) is 24.1. The van der Waals surface area contributed by atoms with Crippen molar-refractivity contribution in [1.29, 1.82) is 0 Å². The number of piperidine rings is 1. The van der Waals surface area contributed by atoms with E-state index in [2.05, 4.69) is 10.6 Å². The van der Waals surface area contributed by atoms with Gasteiger partial charge in [0.15, 0.2) is 0 Å². The van der Waals surface area contributed by atoms with Crippen molar-refractivity contribution in [3.05, 3.63) is 35.9 Å². The minimum atomic E-state index is -0.905. The number of nitrogens with two attached hydrogens (primary N) is 1. The highest BCUT2D eigenvalue weighted by molar-refractivity contribution is 5.93. The SMILES string of the molecule is CC[C@H](C)[C@@H]([C@@H](CC(=O)N1CCC[C@H]1[C@H](OC)[C@@H](C)C(=O)NC(Cc1ccccc1)C(=O)OC)OC)N(C)C(=O)[C@@H](NC(=O)[C@@H]1[C@H]2CC[C@H](C2)N1C(=O)CCCCCN)C(C)C. The standard InChI is InChI=1S/C47H76N6O9/c1-10-30(4)41(51(6)46(58)40(29(2)3)50-45(57)42-33-22-23-34(27-33)53(42)38(54)21-15-12-16-24-48)37(60-7)28-39(55)52-25-17-20-36(52)43(61-8)31(5)44(56)49-35(47(59)62-9)26-32-18-13-11-14-19-32/h11,13-14,18-19,29-31,33-37,40-43H,10,12,15-17,20-28,48H2,1-9H3,(H,49,56)(H,50,57)/t30-,31+,33-,34+,35?,36-,37+,40-,41-,42-,43+/m0/s1. The number of methoxy groups -OCH3 is 3. The highest BCUT2D eigenvalue weighted by atomic mass is 16.5. The Morgan fingerprint density at radius 1 is 0.903 bits per heavy atom. The highest BCUT2D eigenvalue weighted by Gasteiger charge is 2.52. The number of ether oxygens (including phenoxy) is 3. The molecule has 1 aromatic rings. The Labute approximate surface area is 369 Å². The van der Waals surface area contributed by atoms with Gasteiger partial charge in [-0.1, -0.05) is 77.8 Å². The molecule has 62 heavy (non-hydrogen) atoms. The molecule has 4 N–H and O–H groups in total. The van der Waals surface area contributed by atoms with Crippen LogP contribution in [0.3, 0.4) is 0 Å². The maximum absolute atomic E-state index is 14.6. The summed E-state index contributed by atoms with van der Waals surface area (Å²) in [5.74, 6) is -2.71. The van der Waals surface area contributed by atoms with Crippen LogP contribution in [0.25, 0.3) is 0 Å². The summed E-state index contributed by atoms with van der Waals surface area (Å²) < 4.78 is 17.0. The van der Waals surface area contributed by atoms with Crippen LogP contribution in [0.15, 0.2) is 30.3 Å². The molecule has 15 nitrogen and oxygen atoms in total. The van der Waals surface area contributed by atoms with Crippen molar-refractivity contribution in [1.82, 2.24) is 25.3 Å². The number of nitrogens with one attached hydrogen (secondary N) is 2. The van der Waals surface area contributed by atoms with E-state index in [1.165, 1.54) is 14.2 Å². The largest absolute Gasteiger partial charge is 0.467 e. The molecule has 2 heterocycles. The Kier molecular flexibility index (Phi) is 19.7. The molecule has 2 bridgehead atoms. The van der Waals surface area contributed by atoms with Crippen LogP contribution in [0, 0.1) is 23.7 Å². The van der Waals surface area contributed by atoms with E-state index in [0.29, 0.717) is 38.8 Å². The van der Waals surface area contributed by atoms with Crippen molar-refractivity contribution >= 4 is 35.5 Å². The van der Waals surface area contributed by atoms with E-state index in [1.54, 1.807) is 35.8 Å². The average molecular weight is 869 g/mol. The Balaban J connectivity index is 1.47. The third kappa shape index (κ3) is 12.3. The van der Waals surface area contributed by atoms with Gasteiger partial charge in [-0.05, 0) is 74.8 Å². The first-order valence-electron chi connectivity index (χ1n) is 23.0. The molecular formula is C47H76N6O9. The van der Waals surface area contributed by atoms with Crippen LogP contribution < -0.4 is 16.4 Å². The Morgan fingerprint density at radius 3 is 2.23 bits per heavy atom. The highest BCUT2D eigenvalue weighted by Crippen LogP contribution is 2.43. The molecule has 0 aromatic heterocycles. The summed E-state index contributed by atoms with van der Waals surface area (Å²) in [5.41, 5.74) is 6.52. The Bertz CT molecular complexity index is 1650. The number of hydrogen-bond donors (Lipinski definition) is 3. The van der Waals surface area contributed by atoms with Crippen LogP contribution in [0.2, 0.25) is 0 Å². The predicted molar refractivity (Wildman–Crippen MR) is 236 cm³/mol. The molecule has 11 atom stereocenters. The van der Waals surface area contributed by atoms with Gasteiger partial charge in [-0.25, -0.2) is 4.79 Å². The summed E-state index contributed by atoms with van der Waals surface area (Å²) in [7, 11) is 6.07. The van der Waals surface area contributed by atoms with E-state index >= 15 is 0 Å². The fourth-order valence-corrected chi connectivity index (χ4v) is 10.2. The predicted octanol–water partition coefficient (Wildman–Crippen LogP) is 3.85. The van der Waals surface area contributed by atoms with Gasteiger partial charge in [-0.15, -0.1) is 0 Å². The van der Waals surface area contributed by atoms with Gasteiger partial charge in [0.1, 0.15) is 18.1 Å². The number of hydrogen-bond acceptors (Lipinski definition) is 10. The molecule has 3 fully saturated rings. The Hall–Kier alpha value is -4.08. The van der Waals surface area contributed by atoms with Crippen molar-refractivity contribution in [3.63, 3.8) is 0 Å². The smallest absolute Gasteiger partial charge is 0.328 e. The molecule has 2 saturated heterocycles. The zero-order valence-electron chi connectivity index (χ0n) is 38.8. The number of nitrogens with zero attached hydrogens (tertiary/aromatic N) is 3. The summed E-state index contributed by atoms with van der Waals surface area (Å²) in [5, 5.41) is 5.95. The fraction of sp³-hybridized carbons (Fsp3) is 0.745. The minimum Gasteiger partial charge on any atom is -0.467 e. The number of amides is 5. The van der Waals surface area contributed by atoms with Crippen molar-refractivity contribution in [3.8, 4) is 0 Å². The molecule has 4 rings (SSSR count). The van der Waals surface area contributed by atoms with E-state index in [4.69, 9.17) is 19.9 Å². The number of carbonyl (C=O) groups is 6. The van der Waals surface area contributed by atoms with E-state index < -0.39 is 54.3 Å². The van der Waals surface area contributed by atoms with Crippen LogP contribution in [0.4, 0.5) is 0 Å².